The molecular weight excluding hydrogens is 314 g/mol. The van der Waals surface area contributed by atoms with Crippen LogP contribution in [-0.4, -0.2) is 38.4 Å². The van der Waals surface area contributed by atoms with Crippen molar-refractivity contribution in [1.29, 1.82) is 0 Å². The van der Waals surface area contributed by atoms with Crippen LogP contribution in [0.5, 0.6) is 0 Å². The van der Waals surface area contributed by atoms with Gasteiger partial charge in [0.1, 0.15) is 10.8 Å². The third kappa shape index (κ3) is 2.50. The first-order chi connectivity index (χ1) is 10.1. The molecule has 6 nitrogen and oxygen atoms in total. The van der Waals surface area contributed by atoms with E-state index in [0.717, 1.165) is 4.88 Å². The molecule has 3 rings (SSSR count). The summed E-state index contributed by atoms with van der Waals surface area (Å²) in [5.41, 5.74) is 0.717. The van der Waals surface area contributed by atoms with E-state index in [4.69, 9.17) is 11.6 Å². The standard InChI is InChI=1S/C13H10ClN3O3S/c14-10-6-15-5-8(16-10)12(18)17-3-1-9-7(2-4-21-9)11(17)13(19)20/h2,4-6,11H,1,3H2,(H,19,20). The van der Waals surface area contributed by atoms with Gasteiger partial charge in [0.25, 0.3) is 5.91 Å². The van der Waals surface area contributed by atoms with Crippen molar-refractivity contribution in [3.8, 4) is 0 Å². The number of halogens is 1. The number of thiophene rings is 1. The van der Waals surface area contributed by atoms with Crippen LogP contribution in [0.3, 0.4) is 0 Å². The molecule has 0 aromatic carbocycles. The second kappa shape index (κ2) is 5.42. The van der Waals surface area contributed by atoms with Crippen LogP contribution in [0.15, 0.2) is 23.8 Å². The number of carbonyl (C=O) groups excluding carboxylic acids is 1. The van der Waals surface area contributed by atoms with Gasteiger partial charge in [-0.2, -0.15) is 0 Å². The summed E-state index contributed by atoms with van der Waals surface area (Å²) in [4.78, 5) is 34.1. The molecule has 0 bridgehead atoms. The zero-order chi connectivity index (χ0) is 15.0. The van der Waals surface area contributed by atoms with Gasteiger partial charge in [0.2, 0.25) is 0 Å². The van der Waals surface area contributed by atoms with Gasteiger partial charge in [-0.15, -0.1) is 11.3 Å². The van der Waals surface area contributed by atoms with Crippen LogP contribution in [0.25, 0.3) is 0 Å². The number of fused-ring (bicyclic) bond motifs is 1. The fraction of sp³-hybridized carbons (Fsp3) is 0.231. The molecule has 21 heavy (non-hydrogen) atoms. The highest BCUT2D eigenvalue weighted by Gasteiger charge is 2.37. The lowest BCUT2D eigenvalue weighted by atomic mass is 9.99. The summed E-state index contributed by atoms with van der Waals surface area (Å²) in [6.07, 6.45) is 3.24. The number of aliphatic carboxylic acids is 1. The summed E-state index contributed by atoms with van der Waals surface area (Å²) in [5.74, 6) is -1.54. The fourth-order valence-electron chi connectivity index (χ4n) is 2.39. The van der Waals surface area contributed by atoms with Crippen molar-refractivity contribution >= 4 is 34.8 Å². The molecule has 0 aliphatic carbocycles. The average molecular weight is 324 g/mol. The molecule has 0 fully saturated rings. The highest BCUT2D eigenvalue weighted by molar-refractivity contribution is 7.10. The smallest absolute Gasteiger partial charge is 0.331 e. The number of hydrogen-bond acceptors (Lipinski definition) is 5. The highest BCUT2D eigenvalue weighted by atomic mass is 35.5. The van der Waals surface area contributed by atoms with Crippen LogP contribution in [0.1, 0.15) is 27.0 Å². The Morgan fingerprint density at radius 2 is 2.24 bits per heavy atom. The van der Waals surface area contributed by atoms with Crippen LogP contribution >= 0.6 is 22.9 Å². The van der Waals surface area contributed by atoms with Gasteiger partial charge in [0, 0.05) is 11.4 Å². The quantitative estimate of drug-likeness (QED) is 0.914. The Bertz CT molecular complexity index is 718. The van der Waals surface area contributed by atoms with Crippen molar-refractivity contribution in [2.45, 2.75) is 12.5 Å². The van der Waals surface area contributed by atoms with E-state index in [-0.39, 0.29) is 10.8 Å². The van der Waals surface area contributed by atoms with Crippen molar-refractivity contribution in [3.63, 3.8) is 0 Å². The van der Waals surface area contributed by atoms with Gasteiger partial charge in [-0.3, -0.25) is 9.78 Å². The fourth-order valence-corrected chi connectivity index (χ4v) is 3.45. The lowest BCUT2D eigenvalue weighted by molar-refractivity contribution is -0.142. The molecule has 1 aliphatic rings. The summed E-state index contributed by atoms with van der Waals surface area (Å²) in [5, 5.41) is 11.4. The van der Waals surface area contributed by atoms with Crippen LogP contribution < -0.4 is 0 Å². The van der Waals surface area contributed by atoms with Gasteiger partial charge >= 0.3 is 5.97 Å². The minimum atomic E-state index is -1.06. The molecule has 1 amide bonds. The Kier molecular flexibility index (Phi) is 3.60. The molecule has 1 unspecified atom stereocenters. The predicted octanol–water partition coefficient (Wildman–Crippen LogP) is 2.02. The Morgan fingerprint density at radius 3 is 2.95 bits per heavy atom. The van der Waals surface area contributed by atoms with E-state index in [0.29, 0.717) is 18.5 Å². The average Bonchev–Trinajstić information content (AvgIpc) is 2.93. The Hall–Kier alpha value is -1.99. The highest BCUT2D eigenvalue weighted by Crippen LogP contribution is 2.34. The maximum Gasteiger partial charge on any atom is 0.331 e. The van der Waals surface area contributed by atoms with Crippen molar-refractivity contribution in [2.24, 2.45) is 0 Å². The molecule has 0 radical (unpaired) electrons. The monoisotopic (exact) mass is 323 g/mol. The molecule has 0 saturated heterocycles. The number of hydrogen-bond donors (Lipinski definition) is 1. The first-order valence-corrected chi connectivity index (χ1v) is 7.41. The molecule has 108 valence electrons. The summed E-state index contributed by atoms with van der Waals surface area (Å²) >= 11 is 7.24. The van der Waals surface area contributed by atoms with E-state index >= 15 is 0 Å². The first kappa shape index (κ1) is 14.0. The summed E-state index contributed by atoms with van der Waals surface area (Å²) in [6, 6.07) is 0.760. The number of carboxylic acids is 1. The Balaban J connectivity index is 1.98. The molecule has 1 aliphatic heterocycles. The maximum atomic E-state index is 12.5. The molecule has 1 atom stereocenters. The number of carbonyl (C=O) groups is 2. The molecule has 1 N–H and O–H groups in total. The number of carboxylic acid groups (broad SMARTS) is 1. The van der Waals surface area contributed by atoms with Crippen molar-refractivity contribution < 1.29 is 14.7 Å². The Morgan fingerprint density at radius 1 is 1.43 bits per heavy atom. The summed E-state index contributed by atoms with van der Waals surface area (Å²) < 4.78 is 0. The second-order valence-corrected chi connectivity index (χ2v) is 5.90. The SMILES string of the molecule is O=C(O)C1c2ccsc2CCN1C(=O)c1cncc(Cl)n1. The predicted molar refractivity (Wildman–Crippen MR) is 76.5 cm³/mol. The van der Waals surface area contributed by atoms with Gasteiger partial charge in [-0.1, -0.05) is 11.6 Å². The third-order valence-electron chi connectivity index (χ3n) is 3.28. The number of amides is 1. The normalized spacial score (nSPS) is 17.4. The van der Waals surface area contributed by atoms with E-state index < -0.39 is 17.9 Å². The minimum absolute atomic E-state index is 0.0485. The van der Waals surface area contributed by atoms with E-state index in [1.165, 1.54) is 28.6 Å². The summed E-state index contributed by atoms with van der Waals surface area (Å²) in [7, 11) is 0. The third-order valence-corrected chi connectivity index (χ3v) is 4.46. The van der Waals surface area contributed by atoms with E-state index in [9.17, 15) is 14.7 Å². The van der Waals surface area contributed by atoms with Crippen LogP contribution in [0.4, 0.5) is 0 Å². The first-order valence-electron chi connectivity index (χ1n) is 6.15. The van der Waals surface area contributed by atoms with Crippen LogP contribution in [0.2, 0.25) is 5.15 Å². The van der Waals surface area contributed by atoms with E-state index in [1.807, 2.05) is 5.38 Å². The van der Waals surface area contributed by atoms with Crippen LogP contribution in [-0.2, 0) is 11.2 Å². The molecule has 8 heteroatoms. The molecule has 2 aromatic heterocycles. The second-order valence-electron chi connectivity index (χ2n) is 4.52. The zero-order valence-corrected chi connectivity index (χ0v) is 12.3. The number of aromatic nitrogens is 2. The zero-order valence-electron chi connectivity index (χ0n) is 10.7. The molecule has 0 saturated carbocycles. The lowest BCUT2D eigenvalue weighted by Crippen LogP contribution is -2.43. The maximum absolute atomic E-state index is 12.5. The molecular formula is C13H10ClN3O3S. The van der Waals surface area contributed by atoms with Crippen molar-refractivity contribution in [1.82, 2.24) is 14.9 Å². The minimum Gasteiger partial charge on any atom is -0.479 e. The number of rotatable bonds is 2. The van der Waals surface area contributed by atoms with Gasteiger partial charge in [-0.25, -0.2) is 9.78 Å². The largest absolute Gasteiger partial charge is 0.479 e. The van der Waals surface area contributed by atoms with Crippen LogP contribution in [0, 0.1) is 0 Å². The topological polar surface area (TPSA) is 83.4 Å². The van der Waals surface area contributed by atoms with E-state index in [1.54, 1.807) is 6.07 Å². The van der Waals surface area contributed by atoms with Gasteiger partial charge in [-0.05, 0) is 23.4 Å². The number of nitrogens with zero attached hydrogens (tertiary/aromatic N) is 3. The summed E-state index contributed by atoms with van der Waals surface area (Å²) in [6.45, 7) is 0.331. The Labute approximate surface area is 129 Å². The van der Waals surface area contributed by atoms with E-state index in [2.05, 4.69) is 9.97 Å². The van der Waals surface area contributed by atoms with Crippen molar-refractivity contribution in [2.75, 3.05) is 6.54 Å². The van der Waals surface area contributed by atoms with Gasteiger partial charge < -0.3 is 10.0 Å². The molecule has 0 spiro atoms. The molecule has 3 heterocycles. The van der Waals surface area contributed by atoms with Gasteiger partial charge in [0.05, 0.1) is 12.4 Å². The lowest BCUT2D eigenvalue weighted by Gasteiger charge is -2.32. The van der Waals surface area contributed by atoms with Crippen molar-refractivity contribution in [3.05, 3.63) is 45.1 Å². The molecule has 2 aromatic rings. The van der Waals surface area contributed by atoms with Gasteiger partial charge in [0.15, 0.2) is 6.04 Å².